The maximum absolute atomic E-state index is 12.3. The maximum atomic E-state index is 12.3. The standard InChI is InChI=1S/C13H21N3O2S/c1-10(2)13(7-8-13)9-15-19(17,18)12-6-4-3-5-11(12)16-14/h3-6,10,15-16H,7-9,14H2,1-2H3. The molecule has 0 saturated heterocycles. The molecule has 2 rings (SSSR count). The topological polar surface area (TPSA) is 84.2 Å². The number of para-hydroxylation sites is 1. The highest BCUT2D eigenvalue weighted by atomic mass is 32.2. The largest absolute Gasteiger partial charge is 0.323 e. The van der Waals surface area contributed by atoms with Gasteiger partial charge in [-0.05, 0) is 36.3 Å². The van der Waals surface area contributed by atoms with Crippen LogP contribution in [0.4, 0.5) is 5.69 Å². The lowest BCUT2D eigenvalue weighted by Crippen LogP contribution is -2.33. The number of hydrogen-bond acceptors (Lipinski definition) is 4. The van der Waals surface area contributed by atoms with Crippen LogP contribution >= 0.6 is 0 Å². The van der Waals surface area contributed by atoms with Crippen molar-refractivity contribution in [2.45, 2.75) is 31.6 Å². The molecule has 0 amide bonds. The molecular formula is C13H21N3O2S. The number of nitrogens with one attached hydrogen (secondary N) is 2. The maximum Gasteiger partial charge on any atom is 0.242 e. The Kier molecular flexibility index (Phi) is 3.85. The molecule has 1 saturated carbocycles. The highest BCUT2D eigenvalue weighted by Crippen LogP contribution is 2.51. The van der Waals surface area contributed by atoms with Crippen LogP contribution in [0.25, 0.3) is 0 Å². The molecule has 0 atom stereocenters. The molecule has 0 aliphatic heterocycles. The third kappa shape index (κ3) is 2.91. The van der Waals surface area contributed by atoms with Gasteiger partial charge in [0.25, 0.3) is 0 Å². The number of nitrogens with two attached hydrogens (primary N) is 1. The summed E-state index contributed by atoms with van der Waals surface area (Å²) in [7, 11) is -3.52. The lowest BCUT2D eigenvalue weighted by atomic mass is 9.93. The number of sulfonamides is 1. The molecule has 0 bridgehead atoms. The molecule has 0 spiro atoms. The van der Waals surface area contributed by atoms with Gasteiger partial charge in [0.1, 0.15) is 4.90 Å². The predicted molar refractivity (Wildman–Crippen MR) is 75.9 cm³/mol. The van der Waals surface area contributed by atoms with E-state index in [4.69, 9.17) is 5.84 Å². The van der Waals surface area contributed by atoms with Crippen LogP contribution in [0.15, 0.2) is 29.2 Å². The van der Waals surface area contributed by atoms with Gasteiger partial charge in [0, 0.05) is 6.54 Å². The molecule has 1 aromatic rings. The zero-order valence-electron chi connectivity index (χ0n) is 11.3. The quantitative estimate of drug-likeness (QED) is 0.548. The van der Waals surface area contributed by atoms with Crippen molar-refractivity contribution in [1.82, 2.24) is 4.72 Å². The van der Waals surface area contributed by atoms with Crippen molar-refractivity contribution in [2.75, 3.05) is 12.0 Å². The van der Waals surface area contributed by atoms with E-state index in [1.54, 1.807) is 24.3 Å². The van der Waals surface area contributed by atoms with E-state index in [9.17, 15) is 8.42 Å². The van der Waals surface area contributed by atoms with Gasteiger partial charge in [0.2, 0.25) is 10.0 Å². The summed E-state index contributed by atoms with van der Waals surface area (Å²) < 4.78 is 27.3. The van der Waals surface area contributed by atoms with Crippen molar-refractivity contribution in [3.8, 4) is 0 Å². The second-order valence-corrected chi connectivity index (χ2v) is 7.22. The first kappa shape index (κ1) is 14.3. The summed E-state index contributed by atoms with van der Waals surface area (Å²) in [5, 5.41) is 0. The molecule has 6 heteroatoms. The zero-order valence-corrected chi connectivity index (χ0v) is 12.1. The molecule has 1 fully saturated rings. The zero-order chi connectivity index (χ0) is 14.1. The molecule has 19 heavy (non-hydrogen) atoms. The van der Waals surface area contributed by atoms with Crippen LogP contribution in [0.1, 0.15) is 26.7 Å². The second kappa shape index (κ2) is 5.11. The average molecular weight is 283 g/mol. The third-order valence-electron chi connectivity index (χ3n) is 4.06. The van der Waals surface area contributed by atoms with Crippen molar-refractivity contribution in [1.29, 1.82) is 0 Å². The van der Waals surface area contributed by atoms with Gasteiger partial charge in [-0.15, -0.1) is 0 Å². The van der Waals surface area contributed by atoms with Crippen LogP contribution < -0.4 is 16.0 Å². The lowest BCUT2D eigenvalue weighted by Gasteiger charge is -2.20. The Morgan fingerprint density at radius 2 is 1.95 bits per heavy atom. The molecule has 0 unspecified atom stereocenters. The highest BCUT2D eigenvalue weighted by molar-refractivity contribution is 7.89. The lowest BCUT2D eigenvalue weighted by molar-refractivity contribution is 0.357. The normalized spacial score (nSPS) is 17.5. The molecule has 1 aliphatic rings. The molecule has 0 heterocycles. The van der Waals surface area contributed by atoms with E-state index in [0.29, 0.717) is 18.2 Å². The molecule has 1 aliphatic carbocycles. The fraction of sp³-hybridized carbons (Fsp3) is 0.538. The van der Waals surface area contributed by atoms with E-state index in [1.807, 2.05) is 0 Å². The Morgan fingerprint density at radius 1 is 1.32 bits per heavy atom. The van der Waals surface area contributed by atoms with Crippen molar-refractivity contribution in [3.63, 3.8) is 0 Å². The van der Waals surface area contributed by atoms with Gasteiger partial charge in [-0.2, -0.15) is 0 Å². The summed E-state index contributed by atoms with van der Waals surface area (Å²) in [6.07, 6.45) is 2.17. The molecule has 1 aromatic carbocycles. The van der Waals surface area contributed by atoms with Gasteiger partial charge in [-0.1, -0.05) is 26.0 Å². The Bertz CT molecular complexity index is 551. The van der Waals surface area contributed by atoms with E-state index < -0.39 is 10.0 Å². The van der Waals surface area contributed by atoms with E-state index in [1.165, 1.54) is 0 Å². The van der Waals surface area contributed by atoms with Gasteiger partial charge in [0.15, 0.2) is 0 Å². The van der Waals surface area contributed by atoms with Gasteiger partial charge in [-0.3, -0.25) is 5.84 Å². The van der Waals surface area contributed by atoms with Crippen LogP contribution in [-0.2, 0) is 10.0 Å². The third-order valence-corrected chi connectivity index (χ3v) is 5.52. The monoisotopic (exact) mass is 283 g/mol. The van der Waals surface area contributed by atoms with Crippen LogP contribution in [0.2, 0.25) is 0 Å². The molecule has 106 valence electrons. The summed E-state index contributed by atoms with van der Waals surface area (Å²) in [6.45, 7) is 4.76. The van der Waals surface area contributed by atoms with Crippen LogP contribution in [0.3, 0.4) is 0 Å². The Balaban J connectivity index is 2.15. The van der Waals surface area contributed by atoms with E-state index >= 15 is 0 Å². The Labute approximate surface area is 114 Å². The summed E-state index contributed by atoms with van der Waals surface area (Å²) in [4.78, 5) is 0.192. The fourth-order valence-electron chi connectivity index (χ4n) is 2.26. The first-order chi connectivity index (χ1) is 8.91. The smallest absolute Gasteiger partial charge is 0.242 e. The highest BCUT2D eigenvalue weighted by Gasteiger charge is 2.45. The Morgan fingerprint density at radius 3 is 2.47 bits per heavy atom. The molecule has 0 radical (unpaired) electrons. The van der Waals surface area contributed by atoms with Gasteiger partial charge >= 0.3 is 0 Å². The molecule has 0 aromatic heterocycles. The summed E-state index contributed by atoms with van der Waals surface area (Å²) >= 11 is 0. The number of hydrogen-bond donors (Lipinski definition) is 3. The van der Waals surface area contributed by atoms with E-state index in [-0.39, 0.29) is 10.3 Å². The van der Waals surface area contributed by atoms with Gasteiger partial charge in [0.05, 0.1) is 5.69 Å². The van der Waals surface area contributed by atoms with Crippen LogP contribution in [0.5, 0.6) is 0 Å². The van der Waals surface area contributed by atoms with Crippen molar-refractivity contribution in [3.05, 3.63) is 24.3 Å². The van der Waals surface area contributed by atoms with Gasteiger partial charge in [-0.25, -0.2) is 13.1 Å². The average Bonchev–Trinajstić information content (AvgIpc) is 3.18. The molecular weight excluding hydrogens is 262 g/mol. The van der Waals surface area contributed by atoms with Crippen molar-refractivity contribution in [2.24, 2.45) is 17.2 Å². The molecule has 5 nitrogen and oxygen atoms in total. The first-order valence-corrected chi connectivity index (χ1v) is 7.95. The Hall–Kier alpha value is -1.11. The number of anilines is 1. The first-order valence-electron chi connectivity index (χ1n) is 6.47. The minimum absolute atomic E-state index is 0.137. The van der Waals surface area contributed by atoms with E-state index in [0.717, 1.165) is 12.8 Å². The summed E-state index contributed by atoms with van der Waals surface area (Å²) in [5.41, 5.74) is 2.96. The number of benzene rings is 1. The summed E-state index contributed by atoms with van der Waals surface area (Å²) in [6, 6.07) is 6.62. The van der Waals surface area contributed by atoms with E-state index in [2.05, 4.69) is 24.0 Å². The minimum Gasteiger partial charge on any atom is -0.323 e. The molecule has 4 N–H and O–H groups in total. The predicted octanol–water partition coefficient (Wildman–Crippen LogP) is 1.69. The fourth-order valence-corrected chi connectivity index (χ4v) is 3.56. The number of nitrogen functional groups attached to an aromatic ring is 1. The van der Waals surface area contributed by atoms with Gasteiger partial charge < -0.3 is 5.43 Å². The SMILES string of the molecule is CC(C)C1(CNS(=O)(=O)c2ccccc2NN)CC1. The summed E-state index contributed by atoms with van der Waals surface area (Å²) in [5.74, 6) is 5.83. The van der Waals surface area contributed by atoms with Crippen molar-refractivity contribution < 1.29 is 8.42 Å². The number of rotatable bonds is 6. The van der Waals surface area contributed by atoms with Crippen molar-refractivity contribution >= 4 is 15.7 Å². The number of hydrazine groups is 1. The second-order valence-electron chi connectivity index (χ2n) is 5.48. The van der Waals surface area contributed by atoms with Crippen LogP contribution in [-0.4, -0.2) is 15.0 Å². The minimum atomic E-state index is -3.52. The van der Waals surface area contributed by atoms with Crippen LogP contribution in [0, 0.1) is 11.3 Å².